The molecule has 14 heteroatoms. The number of anilines is 1. The van der Waals surface area contributed by atoms with E-state index >= 15 is 0 Å². The van der Waals surface area contributed by atoms with E-state index in [1.54, 1.807) is 25.1 Å². The largest absolute Gasteiger partial charge is 0.495 e. The summed E-state index contributed by atoms with van der Waals surface area (Å²) in [4.78, 5) is 28.3. The van der Waals surface area contributed by atoms with Crippen LogP contribution in [0.3, 0.4) is 0 Å². The van der Waals surface area contributed by atoms with Gasteiger partial charge >= 0.3 is 0 Å². The molecule has 2 amide bonds. The minimum absolute atomic E-state index is 0.0145. The first-order valence-electron chi connectivity index (χ1n) is 13.5. The third kappa shape index (κ3) is 8.20. The third-order valence-corrected chi connectivity index (χ3v) is 9.41. The van der Waals surface area contributed by atoms with Gasteiger partial charge in [-0.05, 0) is 61.4 Å². The Morgan fingerprint density at radius 1 is 0.864 bits per heavy atom. The SMILES string of the molecule is CCCNC(=O)[C@H](C)N(Cc1ccc(Cl)c(Cl)c1)C(=O)CN(c1cc(Cl)ccc1OC)S(=O)(=O)c1ccc(OC)c(OC)c1. The molecule has 0 saturated heterocycles. The van der Waals surface area contributed by atoms with Crippen LogP contribution in [-0.2, 0) is 26.2 Å². The summed E-state index contributed by atoms with van der Waals surface area (Å²) in [7, 11) is -0.294. The van der Waals surface area contributed by atoms with Gasteiger partial charge in [0.25, 0.3) is 10.0 Å². The molecule has 1 N–H and O–H groups in total. The molecule has 0 spiro atoms. The number of ether oxygens (including phenoxy) is 3. The van der Waals surface area contributed by atoms with Gasteiger partial charge in [0, 0.05) is 24.2 Å². The zero-order valence-corrected chi connectivity index (χ0v) is 28.0. The molecule has 0 bridgehead atoms. The first-order valence-corrected chi connectivity index (χ1v) is 16.0. The number of carbonyl (C=O) groups is 2. The van der Waals surface area contributed by atoms with Crippen molar-refractivity contribution in [2.24, 2.45) is 0 Å². The molecule has 10 nitrogen and oxygen atoms in total. The van der Waals surface area contributed by atoms with E-state index in [-0.39, 0.29) is 38.7 Å². The van der Waals surface area contributed by atoms with E-state index < -0.39 is 34.4 Å². The lowest BCUT2D eigenvalue weighted by Crippen LogP contribution is -2.51. The molecule has 0 aliphatic rings. The molecule has 0 heterocycles. The molecule has 0 aromatic heterocycles. The monoisotopic (exact) mass is 685 g/mol. The topological polar surface area (TPSA) is 114 Å². The lowest BCUT2D eigenvalue weighted by molar-refractivity contribution is -0.139. The summed E-state index contributed by atoms with van der Waals surface area (Å²) in [6, 6.07) is 12.3. The lowest BCUT2D eigenvalue weighted by Gasteiger charge is -2.32. The summed E-state index contributed by atoms with van der Waals surface area (Å²) in [6.07, 6.45) is 0.686. The second-order valence-corrected chi connectivity index (χ2v) is 12.7. The molecule has 3 aromatic carbocycles. The molecule has 0 aliphatic carbocycles. The van der Waals surface area contributed by atoms with E-state index in [9.17, 15) is 18.0 Å². The molecular weight excluding hydrogens is 653 g/mol. The number of nitrogens with zero attached hydrogens (tertiary/aromatic N) is 2. The number of rotatable bonds is 14. The first kappa shape index (κ1) is 35.1. The fourth-order valence-corrected chi connectivity index (χ4v) is 6.21. The Labute approximate surface area is 272 Å². The van der Waals surface area contributed by atoms with Crippen LogP contribution in [0.15, 0.2) is 59.5 Å². The van der Waals surface area contributed by atoms with Gasteiger partial charge in [-0.15, -0.1) is 0 Å². The Kier molecular flexibility index (Phi) is 12.4. The summed E-state index contributed by atoms with van der Waals surface area (Å²) in [5.74, 6) is -0.457. The summed E-state index contributed by atoms with van der Waals surface area (Å²) in [5.41, 5.74) is 0.596. The molecule has 0 aliphatic heterocycles. The second-order valence-electron chi connectivity index (χ2n) is 9.58. The molecule has 0 saturated carbocycles. The number of halogens is 3. The van der Waals surface area contributed by atoms with E-state index in [0.717, 1.165) is 4.31 Å². The van der Waals surface area contributed by atoms with Crippen LogP contribution in [0.25, 0.3) is 0 Å². The van der Waals surface area contributed by atoms with E-state index in [0.29, 0.717) is 29.3 Å². The maximum absolute atomic E-state index is 14.3. The molecule has 0 unspecified atom stereocenters. The number of methoxy groups -OCH3 is 3. The number of hydrogen-bond donors (Lipinski definition) is 1. The molecule has 3 aromatic rings. The maximum Gasteiger partial charge on any atom is 0.265 e. The summed E-state index contributed by atoms with van der Waals surface area (Å²) < 4.78 is 45.5. The van der Waals surface area contributed by atoms with Crippen LogP contribution in [0, 0.1) is 0 Å². The smallest absolute Gasteiger partial charge is 0.265 e. The maximum atomic E-state index is 14.3. The average Bonchev–Trinajstić information content (AvgIpc) is 3.01. The highest BCUT2D eigenvalue weighted by atomic mass is 35.5. The van der Waals surface area contributed by atoms with E-state index in [4.69, 9.17) is 49.0 Å². The van der Waals surface area contributed by atoms with Crippen LogP contribution in [0.5, 0.6) is 17.2 Å². The van der Waals surface area contributed by atoms with Gasteiger partial charge in [-0.25, -0.2) is 8.42 Å². The lowest BCUT2D eigenvalue weighted by atomic mass is 10.1. The highest BCUT2D eigenvalue weighted by molar-refractivity contribution is 7.92. The van der Waals surface area contributed by atoms with Gasteiger partial charge in [-0.1, -0.05) is 47.8 Å². The van der Waals surface area contributed by atoms with E-state index in [2.05, 4.69) is 5.32 Å². The van der Waals surface area contributed by atoms with Crippen molar-refractivity contribution in [3.63, 3.8) is 0 Å². The molecular formula is C30H34Cl3N3O7S. The van der Waals surface area contributed by atoms with Crippen LogP contribution in [0.1, 0.15) is 25.8 Å². The highest BCUT2D eigenvalue weighted by Gasteiger charge is 2.34. The normalized spacial score (nSPS) is 11.8. The highest BCUT2D eigenvalue weighted by Crippen LogP contribution is 2.37. The van der Waals surface area contributed by atoms with Crippen molar-refractivity contribution >= 4 is 62.3 Å². The van der Waals surface area contributed by atoms with Crippen LogP contribution in [-0.4, -0.2) is 65.6 Å². The predicted molar refractivity (Wildman–Crippen MR) is 172 cm³/mol. The van der Waals surface area contributed by atoms with Crippen LogP contribution < -0.4 is 23.8 Å². The van der Waals surface area contributed by atoms with Crippen LogP contribution >= 0.6 is 34.8 Å². The Morgan fingerprint density at radius 3 is 2.14 bits per heavy atom. The predicted octanol–water partition coefficient (Wildman–Crippen LogP) is 5.81. The Hall–Kier alpha value is -3.38. The number of benzene rings is 3. The van der Waals surface area contributed by atoms with Gasteiger partial charge in [0.1, 0.15) is 18.3 Å². The van der Waals surface area contributed by atoms with Crippen molar-refractivity contribution in [1.29, 1.82) is 0 Å². The van der Waals surface area contributed by atoms with Crippen molar-refractivity contribution in [1.82, 2.24) is 10.2 Å². The van der Waals surface area contributed by atoms with Crippen molar-refractivity contribution in [2.75, 3.05) is 38.7 Å². The number of sulfonamides is 1. The van der Waals surface area contributed by atoms with Gasteiger partial charge in [0.15, 0.2) is 11.5 Å². The number of hydrogen-bond acceptors (Lipinski definition) is 7. The zero-order chi connectivity index (χ0) is 32.6. The van der Waals surface area contributed by atoms with Gasteiger partial charge in [-0.3, -0.25) is 13.9 Å². The Morgan fingerprint density at radius 2 is 1.52 bits per heavy atom. The van der Waals surface area contributed by atoms with Crippen LogP contribution in [0.2, 0.25) is 15.1 Å². The minimum atomic E-state index is -4.46. The van der Waals surface area contributed by atoms with Crippen molar-refractivity contribution in [2.45, 2.75) is 37.8 Å². The third-order valence-electron chi connectivity index (χ3n) is 6.68. The van der Waals surface area contributed by atoms with Crippen molar-refractivity contribution in [3.05, 3.63) is 75.2 Å². The fraction of sp³-hybridized carbons (Fsp3) is 0.333. The molecule has 238 valence electrons. The average molecular weight is 687 g/mol. The van der Waals surface area contributed by atoms with Gasteiger partial charge in [0.2, 0.25) is 11.8 Å². The van der Waals surface area contributed by atoms with Gasteiger partial charge in [0.05, 0.1) is 42.0 Å². The van der Waals surface area contributed by atoms with E-state index in [1.807, 2.05) is 6.92 Å². The molecule has 44 heavy (non-hydrogen) atoms. The number of amides is 2. The van der Waals surface area contributed by atoms with Crippen molar-refractivity contribution < 1.29 is 32.2 Å². The molecule has 3 rings (SSSR count). The summed E-state index contributed by atoms with van der Waals surface area (Å²) >= 11 is 18.6. The van der Waals surface area contributed by atoms with Crippen molar-refractivity contribution in [3.8, 4) is 17.2 Å². The standard InChI is InChI=1S/C30H34Cl3N3O7S/c1-6-13-34-30(38)19(2)35(17-20-7-10-23(32)24(33)14-20)29(37)18-36(25-15-21(31)8-11-26(25)41-3)44(39,40)22-9-12-27(42-4)28(16-22)43-5/h7-12,14-16,19H,6,13,17-18H2,1-5H3,(H,34,38)/t19-/m0/s1. The fourth-order valence-electron chi connectivity index (χ4n) is 4.29. The summed E-state index contributed by atoms with van der Waals surface area (Å²) in [5, 5.41) is 3.58. The molecule has 0 fully saturated rings. The Balaban J connectivity index is 2.15. The van der Waals surface area contributed by atoms with Gasteiger partial charge in [-0.2, -0.15) is 0 Å². The Bertz CT molecular complexity index is 1600. The molecule has 1 atom stereocenters. The quantitative estimate of drug-likeness (QED) is 0.228. The summed E-state index contributed by atoms with van der Waals surface area (Å²) in [6.45, 7) is 3.09. The molecule has 0 radical (unpaired) electrons. The van der Waals surface area contributed by atoms with Gasteiger partial charge < -0.3 is 24.4 Å². The number of nitrogens with one attached hydrogen (secondary N) is 1. The second kappa shape index (κ2) is 15.6. The first-order chi connectivity index (χ1) is 20.9. The zero-order valence-electron chi connectivity index (χ0n) is 24.9. The van der Waals surface area contributed by atoms with E-state index in [1.165, 1.54) is 62.6 Å². The minimum Gasteiger partial charge on any atom is -0.495 e. The number of carbonyl (C=O) groups excluding carboxylic acids is 2. The van der Waals surface area contributed by atoms with Crippen LogP contribution in [0.4, 0.5) is 5.69 Å².